The van der Waals surface area contributed by atoms with E-state index in [1.54, 1.807) is 4.90 Å². The largest absolute Gasteiger partial charge is 0.492 e. The molecule has 5 nitrogen and oxygen atoms in total. The van der Waals surface area contributed by atoms with E-state index in [-0.39, 0.29) is 0 Å². The quantitative estimate of drug-likeness (QED) is 0.827. The second-order valence-corrected chi connectivity index (χ2v) is 4.90. The van der Waals surface area contributed by atoms with Crippen molar-refractivity contribution in [2.75, 3.05) is 19.7 Å². The highest BCUT2D eigenvalue weighted by atomic mass is 16.5. The number of carboxylic acids is 1. The summed E-state index contributed by atoms with van der Waals surface area (Å²) < 4.78 is 5.60. The normalized spacial score (nSPS) is 23.5. The summed E-state index contributed by atoms with van der Waals surface area (Å²) in [6.07, 6.45) is -0.264. The van der Waals surface area contributed by atoms with E-state index in [1.165, 1.54) is 0 Å². The Kier molecular flexibility index (Phi) is 4.39. The molecule has 1 saturated heterocycles. The molecule has 0 amide bonds. The van der Waals surface area contributed by atoms with Gasteiger partial charge in [0.15, 0.2) is 0 Å². The summed E-state index contributed by atoms with van der Waals surface area (Å²) in [6, 6.07) is 7.12. The summed E-state index contributed by atoms with van der Waals surface area (Å²) in [5.74, 6) is -0.0984. The van der Waals surface area contributed by atoms with E-state index in [2.05, 4.69) is 0 Å². The Bertz CT molecular complexity index is 449. The monoisotopic (exact) mass is 265 g/mol. The smallest absolute Gasteiger partial charge is 0.321 e. The van der Waals surface area contributed by atoms with Crippen molar-refractivity contribution in [1.82, 2.24) is 4.90 Å². The standard InChI is InChI=1S/C14H19NO4/c1-10-3-2-4-12(7-10)19-6-5-15-9-11(16)8-13(15)14(17)18/h2-4,7,11,13,16H,5-6,8-9H2,1H3,(H,17,18). The first-order valence-electron chi connectivity index (χ1n) is 6.40. The van der Waals surface area contributed by atoms with Gasteiger partial charge in [0.1, 0.15) is 18.4 Å². The average Bonchev–Trinajstić information content (AvgIpc) is 2.71. The molecule has 2 atom stereocenters. The molecule has 104 valence electrons. The molecule has 2 unspecified atom stereocenters. The minimum Gasteiger partial charge on any atom is -0.492 e. The number of nitrogens with zero attached hydrogens (tertiary/aromatic N) is 1. The lowest BCUT2D eigenvalue weighted by molar-refractivity contribution is -0.142. The fourth-order valence-electron chi connectivity index (χ4n) is 2.37. The maximum atomic E-state index is 11.0. The molecule has 2 rings (SSSR count). The number of carbonyl (C=O) groups is 1. The van der Waals surface area contributed by atoms with Gasteiger partial charge >= 0.3 is 5.97 Å². The van der Waals surface area contributed by atoms with Gasteiger partial charge in [-0.1, -0.05) is 12.1 Å². The highest BCUT2D eigenvalue weighted by Crippen LogP contribution is 2.18. The number of rotatable bonds is 5. The molecule has 1 fully saturated rings. The van der Waals surface area contributed by atoms with E-state index < -0.39 is 18.1 Å². The molecular formula is C14H19NO4. The first kappa shape index (κ1) is 13.8. The second-order valence-electron chi connectivity index (χ2n) is 4.90. The van der Waals surface area contributed by atoms with Crippen LogP contribution in [0.25, 0.3) is 0 Å². The van der Waals surface area contributed by atoms with Crippen molar-refractivity contribution in [3.05, 3.63) is 29.8 Å². The Morgan fingerprint density at radius 3 is 3.00 bits per heavy atom. The van der Waals surface area contributed by atoms with Gasteiger partial charge in [-0.3, -0.25) is 9.69 Å². The molecule has 0 aliphatic carbocycles. The van der Waals surface area contributed by atoms with Crippen LogP contribution < -0.4 is 4.74 Å². The highest BCUT2D eigenvalue weighted by Gasteiger charge is 2.35. The lowest BCUT2D eigenvalue weighted by atomic mass is 10.2. The molecule has 2 N–H and O–H groups in total. The number of likely N-dealkylation sites (tertiary alicyclic amines) is 1. The van der Waals surface area contributed by atoms with Crippen molar-refractivity contribution in [3.63, 3.8) is 0 Å². The summed E-state index contributed by atoms with van der Waals surface area (Å²) in [6.45, 7) is 3.31. The second kappa shape index (κ2) is 6.04. The fourth-order valence-corrected chi connectivity index (χ4v) is 2.37. The summed E-state index contributed by atoms with van der Waals surface area (Å²) in [5.41, 5.74) is 1.12. The van der Waals surface area contributed by atoms with Gasteiger partial charge in [0.2, 0.25) is 0 Å². The first-order chi connectivity index (χ1) is 9.06. The van der Waals surface area contributed by atoms with Crippen LogP contribution in [0.5, 0.6) is 5.75 Å². The predicted molar refractivity (Wildman–Crippen MR) is 70.3 cm³/mol. The number of aliphatic hydroxyl groups excluding tert-OH is 1. The van der Waals surface area contributed by atoms with Gasteiger partial charge in [0.05, 0.1) is 6.10 Å². The highest BCUT2D eigenvalue weighted by molar-refractivity contribution is 5.74. The molecule has 1 aromatic rings. The van der Waals surface area contributed by atoms with Crippen molar-refractivity contribution in [2.24, 2.45) is 0 Å². The molecular weight excluding hydrogens is 246 g/mol. The van der Waals surface area contributed by atoms with Crippen LogP contribution in [0.1, 0.15) is 12.0 Å². The average molecular weight is 265 g/mol. The lowest BCUT2D eigenvalue weighted by Crippen LogP contribution is -2.38. The molecule has 1 aliphatic rings. The van der Waals surface area contributed by atoms with Crippen molar-refractivity contribution >= 4 is 5.97 Å². The molecule has 1 heterocycles. The van der Waals surface area contributed by atoms with Gasteiger partial charge in [0, 0.05) is 19.5 Å². The Hall–Kier alpha value is -1.59. The zero-order valence-corrected chi connectivity index (χ0v) is 11.0. The number of hydrogen-bond acceptors (Lipinski definition) is 4. The van der Waals surface area contributed by atoms with E-state index >= 15 is 0 Å². The molecule has 0 bridgehead atoms. The SMILES string of the molecule is Cc1cccc(OCCN2CC(O)CC2C(=O)O)c1. The number of ether oxygens (including phenoxy) is 1. The Balaban J connectivity index is 1.83. The summed E-state index contributed by atoms with van der Waals surface area (Å²) in [5, 5.41) is 18.6. The number of aliphatic carboxylic acids is 1. The van der Waals surface area contributed by atoms with E-state index in [4.69, 9.17) is 9.84 Å². The van der Waals surface area contributed by atoms with Crippen molar-refractivity contribution < 1.29 is 19.7 Å². The zero-order chi connectivity index (χ0) is 13.8. The number of hydrogen-bond donors (Lipinski definition) is 2. The fraction of sp³-hybridized carbons (Fsp3) is 0.500. The Morgan fingerprint density at radius 1 is 1.53 bits per heavy atom. The maximum absolute atomic E-state index is 11.0. The van der Waals surface area contributed by atoms with Crippen LogP contribution in [0.2, 0.25) is 0 Å². The molecule has 1 aliphatic heterocycles. The van der Waals surface area contributed by atoms with Crippen LogP contribution in [-0.2, 0) is 4.79 Å². The minimum absolute atomic E-state index is 0.291. The van der Waals surface area contributed by atoms with E-state index in [0.717, 1.165) is 11.3 Å². The summed E-state index contributed by atoms with van der Waals surface area (Å²) in [4.78, 5) is 12.8. The molecule has 0 aromatic heterocycles. The lowest BCUT2D eigenvalue weighted by Gasteiger charge is -2.20. The topological polar surface area (TPSA) is 70.0 Å². The third-order valence-electron chi connectivity index (χ3n) is 3.30. The van der Waals surface area contributed by atoms with Crippen molar-refractivity contribution in [2.45, 2.75) is 25.5 Å². The van der Waals surface area contributed by atoms with Crippen LogP contribution in [0.3, 0.4) is 0 Å². The molecule has 0 spiro atoms. The number of aliphatic hydroxyl groups is 1. The zero-order valence-electron chi connectivity index (χ0n) is 11.0. The molecule has 19 heavy (non-hydrogen) atoms. The van der Waals surface area contributed by atoms with E-state index in [0.29, 0.717) is 26.1 Å². The Morgan fingerprint density at radius 2 is 2.32 bits per heavy atom. The van der Waals surface area contributed by atoms with Crippen LogP contribution in [-0.4, -0.2) is 52.9 Å². The van der Waals surface area contributed by atoms with Crippen LogP contribution in [0, 0.1) is 6.92 Å². The number of benzene rings is 1. The van der Waals surface area contributed by atoms with Gasteiger partial charge in [0.25, 0.3) is 0 Å². The van der Waals surface area contributed by atoms with Crippen LogP contribution in [0.4, 0.5) is 0 Å². The van der Waals surface area contributed by atoms with Gasteiger partial charge in [-0.15, -0.1) is 0 Å². The maximum Gasteiger partial charge on any atom is 0.321 e. The third-order valence-corrected chi connectivity index (χ3v) is 3.30. The first-order valence-corrected chi connectivity index (χ1v) is 6.40. The van der Waals surface area contributed by atoms with Gasteiger partial charge in [-0.2, -0.15) is 0 Å². The Labute approximate surface area is 112 Å². The number of aryl methyl sites for hydroxylation is 1. The molecule has 0 radical (unpaired) electrons. The van der Waals surface area contributed by atoms with Gasteiger partial charge in [-0.25, -0.2) is 0 Å². The van der Waals surface area contributed by atoms with E-state index in [9.17, 15) is 9.90 Å². The molecule has 5 heteroatoms. The molecule has 1 aromatic carbocycles. The minimum atomic E-state index is -0.882. The predicted octanol–water partition coefficient (Wildman–Crippen LogP) is 0.894. The number of carboxylic acid groups (broad SMARTS) is 1. The summed E-state index contributed by atoms with van der Waals surface area (Å²) in [7, 11) is 0. The van der Waals surface area contributed by atoms with Crippen LogP contribution >= 0.6 is 0 Å². The number of β-amino-alcohol motifs (C(OH)–C–C–N with tert-alkyl or cyclic N) is 1. The van der Waals surface area contributed by atoms with Gasteiger partial charge < -0.3 is 14.9 Å². The van der Waals surface area contributed by atoms with Crippen LogP contribution in [0.15, 0.2) is 24.3 Å². The third kappa shape index (κ3) is 3.68. The van der Waals surface area contributed by atoms with Crippen molar-refractivity contribution in [3.8, 4) is 5.75 Å². The molecule has 0 saturated carbocycles. The van der Waals surface area contributed by atoms with E-state index in [1.807, 2.05) is 31.2 Å². The van der Waals surface area contributed by atoms with Gasteiger partial charge in [-0.05, 0) is 24.6 Å². The van der Waals surface area contributed by atoms with Crippen molar-refractivity contribution in [1.29, 1.82) is 0 Å². The summed E-state index contributed by atoms with van der Waals surface area (Å²) >= 11 is 0.